The van der Waals surface area contributed by atoms with Crippen molar-refractivity contribution < 1.29 is 41.7 Å². The number of hydrogen-bond donors (Lipinski definition) is 1. The molecule has 0 amide bonds. The van der Waals surface area contributed by atoms with E-state index in [1.807, 2.05) is 0 Å². The van der Waals surface area contributed by atoms with Crippen molar-refractivity contribution in [3.8, 4) is 0 Å². The molecule has 0 saturated heterocycles. The van der Waals surface area contributed by atoms with Crippen molar-refractivity contribution in [2.24, 2.45) is 0 Å². The van der Waals surface area contributed by atoms with Crippen molar-refractivity contribution in [2.45, 2.75) is 45.8 Å². The summed E-state index contributed by atoms with van der Waals surface area (Å²) in [5, 5.41) is 0. The molecule has 1 aromatic carbocycles. The molecule has 0 radical (unpaired) electrons. The monoisotopic (exact) mass is 363 g/mol. The first-order valence-electron chi connectivity index (χ1n) is 6.61. The van der Waals surface area contributed by atoms with E-state index in [1.54, 1.807) is 3.88 Å². The number of halogens is 2. The van der Waals surface area contributed by atoms with Gasteiger partial charge in [0.2, 0.25) is 0 Å². The first-order valence-corrected chi connectivity index (χ1v) is 13.0. The van der Waals surface area contributed by atoms with E-state index in [0.29, 0.717) is 0 Å². The fourth-order valence-corrected chi connectivity index (χ4v) is 12.1. The minimum atomic E-state index is -1.26. The van der Waals surface area contributed by atoms with Crippen molar-refractivity contribution in [3.05, 3.63) is 39.3 Å². The largest absolute Gasteiger partial charge is 1.00 e. The molecule has 1 N–H and O–H groups in total. The number of benzene rings is 1. The van der Waals surface area contributed by atoms with Gasteiger partial charge in [-0.1, -0.05) is 0 Å². The number of fused-ring (bicyclic) bond motifs is 1. The van der Waals surface area contributed by atoms with Crippen LogP contribution >= 0.6 is 0 Å². The molecule has 1 aliphatic carbocycles. The molecule has 20 heavy (non-hydrogen) atoms. The van der Waals surface area contributed by atoms with Crippen LogP contribution in [0.4, 0.5) is 0 Å². The first-order chi connectivity index (χ1) is 8.37. The first kappa shape index (κ1) is 20.4. The number of hydrogen-bond acceptors (Lipinski definition) is 1. The third-order valence-corrected chi connectivity index (χ3v) is 13.7. The molecule has 2 rings (SSSR count). The van der Waals surface area contributed by atoms with Gasteiger partial charge < -0.3 is 24.8 Å². The minimum absolute atomic E-state index is 0. The summed E-state index contributed by atoms with van der Waals surface area (Å²) in [6.07, 6.45) is 3.45. The quantitative estimate of drug-likeness (QED) is 0.586. The van der Waals surface area contributed by atoms with E-state index in [9.17, 15) is 0 Å². The Morgan fingerprint density at radius 1 is 1.10 bits per heavy atom. The molecule has 1 nitrogen and oxygen atoms in total. The van der Waals surface area contributed by atoms with Crippen LogP contribution in [0.25, 0.3) is 6.08 Å². The third-order valence-electron chi connectivity index (χ3n) is 3.09. The van der Waals surface area contributed by atoms with Crippen LogP contribution in [0.3, 0.4) is 0 Å². The maximum Gasteiger partial charge on any atom is -1.00 e. The summed E-state index contributed by atoms with van der Waals surface area (Å²) in [6.45, 7) is 11.8. The molecular weight excluding hydrogens is 341 g/mol. The topological polar surface area (TPSA) is 12.0 Å². The van der Waals surface area contributed by atoms with Gasteiger partial charge in [-0.3, -0.25) is 0 Å². The molecule has 1 aromatic rings. The average molecular weight is 364 g/mol. The Bertz CT molecular complexity index is 529. The number of nitrogens with one attached hydrogen (secondary N) is 1. The SMILES string of the molecule is C[Si](C)=[Ti+2]([NH]C(C)(C)C)[C]1=Cc2ccccc2C1.[Cl-].[Cl-]. The molecule has 110 valence electrons. The van der Waals surface area contributed by atoms with Crippen molar-refractivity contribution in [1.82, 2.24) is 3.80 Å². The maximum atomic E-state index is 3.98. The minimum Gasteiger partial charge on any atom is -1.00 e. The van der Waals surface area contributed by atoms with Gasteiger partial charge in [-0.25, -0.2) is 0 Å². The average Bonchev–Trinajstić information content (AvgIpc) is 2.67. The van der Waals surface area contributed by atoms with Gasteiger partial charge in [0.05, 0.1) is 0 Å². The molecule has 0 aromatic heterocycles. The van der Waals surface area contributed by atoms with Crippen molar-refractivity contribution in [3.63, 3.8) is 0 Å². The van der Waals surface area contributed by atoms with E-state index in [2.05, 4.69) is 68.0 Å². The Morgan fingerprint density at radius 3 is 2.20 bits per heavy atom. The van der Waals surface area contributed by atoms with E-state index >= 15 is 0 Å². The Morgan fingerprint density at radius 2 is 1.70 bits per heavy atom. The Labute approximate surface area is 142 Å². The zero-order valence-corrected chi connectivity index (χ0v) is 16.9. The van der Waals surface area contributed by atoms with Crippen LogP contribution in [0.2, 0.25) is 13.1 Å². The fourth-order valence-electron chi connectivity index (χ4n) is 2.34. The van der Waals surface area contributed by atoms with E-state index in [-0.39, 0.29) is 36.5 Å². The zero-order valence-electron chi connectivity index (χ0n) is 12.8. The Kier molecular flexibility index (Phi) is 8.34. The molecule has 0 heterocycles. The van der Waals surface area contributed by atoms with Crippen LogP contribution < -0.4 is 28.6 Å². The molecular formula is C15H23Cl2NSiTi. The van der Waals surface area contributed by atoms with Crippen molar-refractivity contribution in [2.75, 3.05) is 0 Å². The summed E-state index contributed by atoms with van der Waals surface area (Å²) in [7, 11) is 0. The molecule has 1 aliphatic rings. The smallest absolute Gasteiger partial charge is 1.00 e. The second kappa shape index (κ2) is 8.17. The predicted octanol–water partition coefficient (Wildman–Crippen LogP) is -2.24. The fraction of sp³-hybridized carbons (Fsp3) is 0.467. The number of rotatable bonds is 2. The summed E-state index contributed by atoms with van der Waals surface area (Å²) in [5.74, 6) is 0. The van der Waals surface area contributed by atoms with Gasteiger partial charge in [0, 0.05) is 0 Å². The van der Waals surface area contributed by atoms with E-state index < -0.39 is 16.9 Å². The van der Waals surface area contributed by atoms with Crippen LogP contribution in [0, 0.1) is 0 Å². The summed E-state index contributed by atoms with van der Waals surface area (Å²) < 4.78 is 5.72. The van der Waals surface area contributed by atoms with Gasteiger partial charge in [0.1, 0.15) is 0 Å². The van der Waals surface area contributed by atoms with Crippen LogP contribution in [-0.4, -0.2) is 11.7 Å². The maximum absolute atomic E-state index is 3.98. The molecule has 0 saturated carbocycles. The molecule has 0 unspecified atom stereocenters. The third kappa shape index (κ3) is 5.32. The molecule has 0 spiro atoms. The van der Waals surface area contributed by atoms with Crippen LogP contribution in [0.5, 0.6) is 0 Å². The normalized spacial score (nSPS) is 12.3. The molecule has 0 atom stereocenters. The zero-order chi connectivity index (χ0) is 13.3. The summed E-state index contributed by atoms with van der Waals surface area (Å²) >= 11 is -1.26. The predicted molar refractivity (Wildman–Crippen MR) is 78.5 cm³/mol. The van der Waals surface area contributed by atoms with Crippen molar-refractivity contribution >= 4 is 12.3 Å². The van der Waals surface area contributed by atoms with E-state index in [4.69, 9.17) is 0 Å². The van der Waals surface area contributed by atoms with Crippen LogP contribution in [0.15, 0.2) is 28.1 Å². The second-order valence-corrected chi connectivity index (χ2v) is 17.6. The van der Waals surface area contributed by atoms with Crippen LogP contribution in [-0.2, 0) is 23.3 Å². The summed E-state index contributed by atoms with van der Waals surface area (Å²) in [4.78, 5) is 0. The van der Waals surface area contributed by atoms with Gasteiger partial charge in [0.15, 0.2) is 0 Å². The summed E-state index contributed by atoms with van der Waals surface area (Å²) in [5.41, 5.74) is 3.24. The molecule has 0 fully saturated rings. The van der Waals surface area contributed by atoms with Crippen molar-refractivity contribution in [1.29, 1.82) is 0 Å². The number of allylic oxidation sites excluding steroid dienone is 1. The standard InChI is InChI=1S/C9H7.C4H10N.C2H6Si.2ClH.Ti/c1-2-5-9-7-3-6-8(9)4-1;1-4(2,3)5;1-3-2;;;/h1-2,4-6H,7H2;5H,1-3H3;1-2H3;2*1H;/q;-1;;;;+3/p-2. The van der Waals surface area contributed by atoms with Gasteiger partial charge in [-0.2, -0.15) is 0 Å². The van der Waals surface area contributed by atoms with Gasteiger partial charge in [-0.15, -0.1) is 0 Å². The van der Waals surface area contributed by atoms with Gasteiger partial charge in [-0.05, 0) is 0 Å². The van der Waals surface area contributed by atoms with E-state index in [0.717, 1.165) is 0 Å². The second-order valence-electron chi connectivity index (χ2n) is 6.30. The van der Waals surface area contributed by atoms with E-state index in [1.165, 1.54) is 17.5 Å². The summed E-state index contributed by atoms with van der Waals surface area (Å²) in [6, 6.07) is 8.85. The molecule has 0 aliphatic heterocycles. The molecule has 5 heteroatoms. The van der Waals surface area contributed by atoms with Gasteiger partial charge in [0.25, 0.3) is 0 Å². The van der Waals surface area contributed by atoms with Gasteiger partial charge >= 0.3 is 118 Å². The Balaban J connectivity index is 0.00000180. The Hall–Kier alpha value is 0.431. The van der Waals surface area contributed by atoms with Crippen LogP contribution in [0.1, 0.15) is 31.9 Å². The molecule has 0 bridgehead atoms.